The molecular weight excluding hydrogens is 385 g/mol. The first-order valence-corrected chi connectivity index (χ1v) is 6.87. The summed E-state index contributed by atoms with van der Waals surface area (Å²) < 4.78 is 6.07. The van der Waals surface area contributed by atoms with Gasteiger partial charge in [-0.3, -0.25) is 10.1 Å². The second kappa shape index (κ2) is 5.53. The third kappa shape index (κ3) is 3.20. The summed E-state index contributed by atoms with van der Waals surface area (Å²) in [5.74, 6) is -0.705. The van der Waals surface area contributed by atoms with Gasteiger partial charge in [0.1, 0.15) is 10.6 Å². The lowest BCUT2D eigenvalue weighted by atomic mass is 10.3. The Balaban J connectivity index is 2.32. The van der Waals surface area contributed by atoms with Gasteiger partial charge in [-0.1, -0.05) is 0 Å². The fourth-order valence-corrected chi connectivity index (χ4v) is 2.45. The molecule has 2 aromatic rings. The van der Waals surface area contributed by atoms with Gasteiger partial charge in [0, 0.05) is 21.1 Å². The van der Waals surface area contributed by atoms with Crippen LogP contribution in [0.2, 0.25) is 0 Å². The molecule has 1 heterocycles. The third-order valence-electron chi connectivity index (χ3n) is 2.13. The Bertz CT molecular complexity index is 654. The number of carbonyl (C=O) groups is 1. The molecule has 0 spiro atoms. The molecule has 0 aliphatic heterocycles. The summed E-state index contributed by atoms with van der Waals surface area (Å²) in [5, 5.41) is 21.2. The van der Waals surface area contributed by atoms with Gasteiger partial charge in [-0.05, 0) is 34.7 Å². The first-order valence-electron chi connectivity index (χ1n) is 4.91. The number of rotatable bonds is 4. The molecule has 2 rings (SSSR count). The zero-order valence-electron chi connectivity index (χ0n) is 9.20. The number of nitrogens with zero attached hydrogens (tertiary/aromatic N) is 1. The SMILES string of the molecule is O=C(O)c1cc(Oc2ccc(I)cc2[N+](=O)[O-])cs1. The molecule has 0 saturated carbocycles. The normalized spacial score (nSPS) is 10.2. The molecule has 0 aliphatic rings. The highest BCUT2D eigenvalue weighted by molar-refractivity contribution is 14.1. The predicted molar refractivity (Wildman–Crippen MR) is 77.2 cm³/mol. The number of hydrogen-bond donors (Lipinski definition) is 1. The van der Waals surface area contributed by atoms with Crippen LogP contribution in [0.15, 0.2) is 29.6 Å². The maximum absolute atomic E-state index is 10.9. The van der Waals surface area contributed by atoms with Crippen molar-refractivity contribution >= 4 is 45.6 Å². The number of nitro groups is 1. The van der Waals surface area contributed by atoms with E-state index in [2.05, 4.69) is 0 Å². The van der Waals surface area contributed by atoms with Crippen LogP contribution in [0.5, 0.6) is 11.5 Å². The molecule has 1 aromatic heterocycles. The van der Waals surface area contributed by atoms with E-state index < -0.39 is 10.9 Å². The van der Waals surface area contributed by atoms with Crippen molar-refractivity contribution in [2.45, 2.75) is 0 Å². The average molecular weight is 391 g/mol. The monoisotopic (exact) mass is 391 g/mol. The van der Waals surface area contributed by atoms with E-state index in [0.29, 0.717) is 3.57 Å². The van der Waals surface area contributed by atoms with E-state index in [-0.39, 0.29) is 22.1 Å². The topological polar surface area (TPSA) is 89.7 Å². The Kier molecular flexibility index (Phi) is 4.00. The maximum Gasteiger partial charge on any atom is 0.346 e. The lowest BCUT2D eigenvalue weighted by Crippen LogP contribution is -1.94. The molecule has 0 amide bonds. The van der Waals surface area contributed by atoms with Crippen LogP contribution in [-0.4, -0.2) is 16.0 Å². The van der Waals surface area contributed by atoms with Crippen molar-refractivity contribution in [3.63, 3.8) is 0 Å². The molecule has 0 saturated heterocycles. The first kappa shape index (κ1) is 13.7. The highest BCUT2D eigenvalue weighted by Crippen LogP contribution is 2.34. The lowest BCUT2D eigenvalue weighted by Gasteiger charge is -2.04. The van der Waals surface area contributed by atoms with Gasteiger partial charge in [0.25, 0.3) is 0 Å². The van der Waals surface area contributed by atoms with Crippen molar-refractivity contribution in [1.29, 1.82) is 0 Å². The van der Waals surface area contributed by atoms with E-state index in [1.807, 2.05) is 22.6 Å². The fraction of sp³-hybridized carbons (Fsp3) is 0. The summed E-state index contributed by atoms with van der Waals surface area (Å²) in [7, 11) is 0. The Morgan fingerprint density at radius 1 is 1.42 bits per heavy atom. The molecule has 6 nitrogen and oxygen atoms in total. The lowest BCUT2D eigenvalue weighted by molar-refractivity contribution is -0.385. The molecule has 0 fully saturated rings. The van der Waals surface area contributed by atoms with Gasteiger partial charge in [0.15, 0.2) is 0 Å². The van der Waals surface area contributed by atoms with E-state index in [4.69, 9.17) is 9.84 Å². The summed E-state index contributed by atoms with van der Waals surface area (Å²) in [5.41, 5.74) is -0.157. The molecule has 0 aliphatic carbocycles. The van der Waals surface area contributed by atoms with Gasteiger partial charge in [0.2, 0.25) is 5.75 Å². The molecule has 8 heteroatoms. The number of carboxylic acid groups (broad SMARTS) is 1. The molecule has 98 valence electrons. The van der Waals surface area contributed by atoms with Gasteiger partial charge >= 0.3 is 11.7 Å². The summed E-state index contributed by atoms with van der Waals surface area (Å²) in [6.07, 6.45) is 0. The Morgan fingerprint density at radius 3 is 2.74 bits per heavy atom. The molecule has 19 heavy (non-hydrogen) atoms. The smallest absolute Gasteiger partial charge is 0.346 e. The standard InChI is InChI=1S/C11H6INO5S/c12-6-1-2-9(8(3-6)13(16)17)18-7-4-10(11(14)15)19-5-7/h1-5H,(H,14,15). The van der Waals surface area contributed by atoms with Crippen molar-refractivity contribution < 1.29 is 19.6 Å². The van der Waals surface area contributed by atoms with E-state index in [9.17, 15) is 14.9 Å². The minimum Gasteiger partial charge on any atom is -0.477 e. The first-order chi connectivity index (χ1) is 8.97. The predicted octanol–water partition coefficient (Wildman–Crippen LogP) is 3.75. The van der Waals surface area contributed by atoms with E-state index in [1.165, 1.54) is 23.6 Å². The number of benzene rings is 1. The minimum atomic E-state index is -1.06. The van der Waals surface area contributed by atoms with Crippen molar-refractivity contribution in [2.24, 2.45) is 0 Å². The second-order valence-electron chi connectivity index (χ2n) is 3.42. The molecular formula is C11H6INO5S. The molecule has 1 N–H and O–H groups in total. The number of carboxylic acids is 1. The van der Waals surface area contributed by atoms with Crippen LogP contribution in [0, 0.1) is 13.7 Å². The second-order valence-corrected chi connectivity index (χ2v) is 5.58. The van der Waals surface area contributed by atoms with Gasteiger partial charge in [-0.15, -0.1) is 11.3 Å². The number of thiophene rings is 1. The third-order valence-corrected chi connectivity index (χ3v) is 3.70. The van der Waals surface area contributed by atoms with Crippen LogP contribution in [0.3, 0.4) is 0 Å². The number of nitro benzene ring substituents is 1. The van der Waals surface area contributed by atoms with Crippen molar-refractivity contribution in [3.8, 4) is 11.5 Å². The molecule has 0 bridgehead atoms. The van der Waals surface area contributed by atoms with Crippen molar-refractivity contribution in [2.75, 3.05) is 0 Å². The van der Waals surface area contributed by atoms with Crippen LogP contribution < -0.4 is 4.74 Å². The molecule has 0 atom stereocenters. The van der Waals surface area contributed by atoms with E-state index in [0.717, 1.165) is 11.3 Å². The Morgan fingerprint density at radius 2 is 2.16 bits per heavy atom. The molecule has 0 radical (unpaired) electrons. The summed E-state index contributed by atoms with van der Waals surface area (Å²) in [6.45, 7) is 0. The summed E-state index contributed by atoms with van der Waals surface area (Å²) in [6, 6.07) is 5.88. The number of aromatic carboxylic acids is 1. The highest BCUT2D eigenvalue weighted by atomic mass is 127. The van der Waals surface area contributed by atoms with E-state index >= 15 is 0 Å². The van der Waals surface area contributed by atoms with Crippen LogP contribution in [0.4, 0.5) is 5.69 Å². The average Bonchev–Trinajstić information content (AvgIpc) is 2.80. The van der Waals surface area contributed by atoms with Crippen LogP contribution in [0.25, 0.3) is 0 Å². The number of halogens is 1. The number of hydrogen-bond acceptors (Lipinski definition) is 5. The van der Waals surface area contributed by atoms with Crippen LogP contribution in [0.1, 0.15) is 9.67 Å². The molecule has 0 unspecified atom stereocenters. The van der Waals surface area contributed by atoms with Gasteiger partial charge in [-0.25, -0.2) is 4.79 Å². The van der Waals surface area contributed by atoms with Crippen molar-refractivity contribution in [3.05, 3.63) is 48.2 Å². The van der Waals surface area contributed by atoms with Gasteiger partial charge in [0.05, 0.1) is 4.92 Å². The van der Waals surface area contributed by atoms with Gasteiger partial charge < -0.3 is 9.84 Å². The fourth-order valence-electron chi connectivity index (χ4n) is 1.33. The zero-order valence-corrected chi connectivity index (χ0v) is 12.2. The van der Waals surface area contributed by atoms with Crippen LogP contribution >= 0.6 is 33.9 Å². The Hall–Kier alpha value is -1.68. The Labute approximate surface area is 124 Å². The van der Waals surface area contributed by atoms with Crippen molar-refractivity contribution in [1.82, 2.24) is 0 Å². The largest absolute Gasteiger partial charge is 0.477 e. The molecule has 1 aromatic carbocycles. The summed E-state index contributed by atoms with van der Waals surface area (Å²) >= 11 is 2.96. The maximum atomic E-state index is 10.9. The van der Waals surface area contributed by atoms with E-state index in [1.54, 1.807) is 6.07 Å². The zero-order chi connectivity index (χ0) is 14.0. The van der Waals surface area contributed by atoms with Crippen LogP contribution in [-0.2, 0) is 0 Å². The number of ether oxygens (including phenoxy) is 1. The quantitative estimate of drug-likeness (QED) is 0.487. The highest BCUT2D eigenvalue weighted by Gasteiger charge is 2.17. The summed E-state index contributed by atoms with van der Waals surface area (Å²) in [4.78, 5) is 21.2. The minimum absolute atomic E-state index is 0.0835. The van der Waals surface area contributed by atoms with Gasteiger partial charge in [-0.2, -0.15) is 0 Å².